The molecule has 0 heterocycles. The summed E-state index contributed by atoms with van der Waals surface area (Å²) in [6.07, 6.45) is 1.46. The monoisotopic (exact) mass is 250 g/mol. The molecule has 102 valence electrons. The van der Waals surface area contributed by atoms with Crippen LogP contribution < -0.4 is 0 Å². The fraction of sp³-hybridized carbons (Fsp3) is 0.562. The minimum absolute atomic E-state index is 0.0355. The van der Waals surface area contributed by atoms with Crippen molar-refractivity contribution in [1.29, 1.82) is 0 Å². The maximum Gasteiger partial charge on any atom is 0.306 e. The van der Waals surface area contributed by atoms with E-state index in [9.17, 15) is 4.79 Å². The molecule has 0 saturated heterocycles. The maximum absolute atomic E-state index is 11.6. The smallest absolute Gasteiger partial charge is 0.306 e. The molecule has 0 radical (unpaired) electrons. The molecule has 0 spiro atoms. The number of carbonyl (C=O) groups excluding carboxylic acids is 1. The molecule has 0 aromatic heterocycles. The van der Waals surface area contributed by atoms with Crippen molar-refractivity contribution in [1.82, 2.24) is 0 Å². The number of hydrogen-bond donors (Lipinski definition) is 0. The minimum atomic E-state index is -0.115. The zero-order valence-corrected chi connectivity index (χ0v) is 12.3. The largest absolute Gasteiger partial charge is 0.461 e. The second-order valence-electron chi connectivity index (χ2n) is 4.84. The molecule has 0 bridgehead atoms. The van der Waals surface area contributed by atoms with Gasteiger partial charge in [-0.2, -0.15) is 0 Å². The van der Waals surface area contributed by atoms with Crippen LogP contribution in [0.2, 0.25) is 0 Å². The number of carbonyl (C=O) groups is 1. The maximum atomic E-state index is 11.6. The van der Waals surface area contributed by atoms with Gasteiger partial charge in [-0.15, -0.1) is 0 Å². The molecule has 0 fully saturated rings. The van der Waals surface area contributed by atoms with Crippen LogP contribution in [-0.2, 0) is 16.1 Å². The lowest BCUT2D eigenvalue weighted by atomic mass is 9.87. The predicted octanol–water partition coefficient (Wildman–Crippen LogP) is 4.58. The summed E-state index contributed by atoms with van der Waals surface area (Å²) in [5, 5.41) is 0. The van der Waals surface area contributed by atoms with Crippen LogP contribution in [0.3, 0.4) is 0 Å². The van der Waals surface area contributed by atoms with Gasteiger partial charge >= 0.3 is 5.97 Å². The van der Waals surface area contributed by atoms with Crippen LogP contribution in [0, 0.1) is 5.41 Å². The summed E-state index contributed by atoms with van der Waals surface area (Å²) in [5.41, 5.74) is 1.07. The van der Waals surface area contributed by atoms with Crippen molar-refractivity contribution in [2.24, 2.45) is 5.41 Å². The van der Waals surface area contributed by atoms with Crippen LogP contribution in [-0.4, -0.2) is 5.97 Å². The van der Waals surface area contributed by atoms with E-state index in [2.05, 4.69) is 20.8 Å². The topological polar surface area (TPSA) is 26.3 Å². The number of benzene rings is 1. The lowest BCUT2D eigenvalue weighted by Gasteiger charge is -2.20. The number of hydrogen-bond acceptors (Lipinski definition) is 2. The van der Waals surface area contributed by atoms with Crippen LogP contribution in [0.1, 0.15) is 53.0 Å². The molecule has 0 aliphatic carbocycles. The summed E-state index contributed by atoms with van der Waals surface area (Å²) < 4.78 is 5.23. The van der Waals surface area contributed by atoms with E-state index in [4.69, 9.17) is 4.74 Å². The van der Waals surface area contributed by atoms with Crippen molar-refractivity contribution in [3.63, 3.8) is 0 Å². The first-order chi connectivity index (χ1) is 8.53. The minimum Gasteiger partial charge on any atom is -0.461 e. The van der Waals surface area contributed by atoms with E-state index in [0.717, 1.165) is 12.0 Å². The molecule has 18 heavy (non-hydrogen) atoms. The molecule has 0 aliphatic heterocycles. The van der Waals surface area contributed by atoms with Crippen molar-refractivity contribution in [2.45, 2.75) is 54.1 Å². The Hall–Kier alpha value is -1.31. The van der Waals surface area contributed by atoms with Gasteiger partial charge in [0.05, 0.1) is 6.42 Å². The average Bonchev–Trinajstić information content (AvgIpc) is 2.39. The van der Waals surface area contributed by atoms with Gasteiger partial charge in [-0.05, 0) is 11.0 Å². The van der Waals surface area contributed by atoms with Crippen molar-refractivity contribution >= 4 is 5.97 Å². The van der Waals surface area contributed by atoms with Gasteiger partial charge in [0.25, 0.3) is 0 Å². The molecule has 0 aliphatic rings. The third kappa shape index (κ3) is 7.10. The van der Waals surface area contributed by atoms with Crippen LogP contribution in [0.5, 0.6) is 0 Å². The zero-order valence-electron chi connectivity index (χ0n) is 12.3. The van der Waals surface area contributed by atoms with E-state index in [1.807, 2.05) is 44.2 Å². The summed E-state index contributed by atoms with van der Waals surface area (Å²) in [7, 11) is 0. The number of ether oxygens (including phenoxy) is 1. The van der Waals surface area contributed by atoms with Crippen LogP contribution >= 0.6 is 0 Å². The van der Waals surface area contributed by atoms with Crippen molar-refractivity contribution < 1.29 is 9.53 Å². The van der Waals surface area contributed by atoms with Gasteiger partial charge in [0.15, 0.2) is 0 Å². The van der Waals surface area contributed by atoms with Crippen LogP contribution in [0.15, 0.2) is 30.3 Å². The van der Waals surface area contributed by atoms with E-state index in [1.54, 1.807) is 0 Å². The molecular weight excluding hydrogens is 224 g/mol. The van der Waals surface area contributed by atoms with Gasteiger partial charge in [-0.3, -0.25) is 4.79 Å². The summed E-state index contributed by atoms with van der Waals surface area (Å²) in [4.78, 5) is 11.6. The highest BCUT2D eigenvalue weighted by atomic mass is 16.5. The Labute approximate surface area is 111 Å². The van der Waals surface area contributed by atoms with Crippen LogP contribution in [0.25, 0.3) is 0 Å². The highest BCUT2D eigenvalue weighted by molar-refractivity contribution is 5.70. The zero-order chi connectivity index (χ0) is 14.0. The Balaban J connectivity index is 0.00000137. The Morgan fingerprint density at radius 2 is 1.72 bits per heavy atom. The molecule has 0 amide bonds. The Morgan fingerprint density at radius 3 is 2.22 bits per heavy atom. The third-order valence-electron chi connectivity index (χ3n) is 2.82. The standard InChI is InChI=1S/C14H20O2.C2H6/c1-4-14(2,3)10-13(15)16-11-12-8-6-5-7-9-12;1-2/h5-9H,4,10-11H2,1-3H3;1-2H3. The number of esters is 1. The molecule has 0 N–H and O–H groups in total. The first-order valence-corrected chi connectivity index (χ1v) is 6.73. The Bertz CT molecular complexity index is 328. The van der Waals surface area contributed by atoms with Gasteiger partial charge in [-0.25, -0.2) is 0 Å². The molecule has 1 rings (SSSR count). The first kappa shape index (κ1) is 16.7. The normalized spacial score (nSPS) is 10.3. The van der Waals surface area contributed by atoms with Gasteiger partial charge in [-0.1, -0.05) is 71.4 Å². The third-order valence-corrected chi connectivity index (χ3v) is 2.82. The second-order valence-corrected chi connectivity index (χ2v) is 4.84. The first-order valence-electron chi connectivity index (χ1n) is 6.73. The molecule has 0 saturated carbocycles. The second kappa shape index (κ2) is 8.73. The molecule has 0 atom stereocenters. The Kier molecular flexibility index (Phi) is 8.10. The van der Waals surface area contributed by atoms with E-state index in [-0.39, 0.29) is 11.4 Å². The average molecular weight is 250 g/mol. The summed E-state index contributed by atoms with van der Waals surface area (Å²) in [6, 6.07) is 9.75. The highest BCUT2D eigenvalue weighted by Crippen LogP contribution is 2.24. The van der Waals surface area contributed by atoms with E-state index < -0.39 is 0 Å². The molecule has 1 aromatic rings. The van der Waals surface area contributed by atoms with Gasteiger partial charge in [0.2, 0.25) is 0 Å². The molecule has 1 aromatic carbocycles. The van der Waals surface area contributed by atoms with Crippen molar-refractivity contribution in [2.75, 3.05) is 0 Å². The van der Waals surface area contributed by atoms with Gasteiger partial charge < -0.3 is 4.74 Å². The summed E-state index contributed by atoms with van der Waals surface area (Å²) >= 11 is 0. The summed E-state index contributed by atoms with van der Waals surface area (Å²) in [6.45, 7) is 10.6. The van der Waals surface area contributed by atoms with Crippen molar-refractivity contribution in [3.8, 4) is 0 Å². The fourth-order valence-corrected chi connectivity index (χ4v) is 1.30. The molecule has 0 unspecified atom stereocenters. The van der Waals surface area contributed by atoms with Gasteiger partial charge in [0, 0.05) is 0 Å². The highest BCUT2D eigenvalue weighted by Gasteiger charge is 2.20. The SMILES string of the molecule is CC.CCC(C)(C)CC(=O)OCc1ccccc1. The van der Waals surface area contributed by atoms with E-state index >= 15 is 0 Å². The number of rotatable bonds is 5. The van der Waals surface area contributed by atoms with Gasteiger partial charge in [0.1, 0.15) is 6.61 Å². The van der Waals surface area contributed by atoms with Crippen molar-refractivity contribution in [3.05, 3.63) is 35.9 Å². The quantitative estimate of drug-likeness (QED) is 0.715. The lowest BCUT2D eigenvalue weighted by Crippen LogP contribution is -2.17. The Morgan fingerprint density at radius 1 is 1.17 bits per heavy atom. The predicted molar refractivity (Wildman–Crippen MR) is 76.3 cm³/mol. The molecule has 2 nitrogen and oxygen atoms in total. The van der Waals surface area contributed by atoms with Crippen LogP contribution in [0.4, 0.5) is 0 Å². The molecular formula is C16H26O2. The van der Waals surface area contributed by atoms with E-state index in [0.29, 0.717) is 13.0 Å². The summed E-state index contributed by atoms with van der Waals surface area (Å²) in [5.74, 6) is -0.115. The van der Waals surface area contributed by atoms with E-state index in [1.165, 1.54) is 0 Å². The lowest BCUT2D eigenvalue weighted by molar-refractivity contribution is -0.147. The fourth-order valence-electron chi connectivity index (χ4n) is 1.30. The molecule has 2 heteroatoms.